The van der Waals surface area contributed by atoms with E-state index in [1.54, 1.807) is 26.1 Å². The fraction of sp³-hybridized carbons (Fsp3) is 0.400. The smallest absolute Gasteiger partial charge is 0.252 e. The van der Waals surface area contributed by atoms with Crippen LogP contribution in [0.15, 0.2) is 12.3 Å². The molecule has 0 radical (unpaired) electrons. The first kappa shape index (κ1) is 11.5. The van der Waals surface area contributed by atoms with Gasteiger partial charge in [0.2, 0.25) is 0 Å². The molecule has 0 fully saturated rings. The molecule has 5 heteroatoms. The Morgan fingerprint density at radius 2 is 2.40 bits per heavy atom. The van der Waals surface area contributed by atoms with Gasteiger partial charge in [-0.2, -0.15) is 0 Å². The van der Waals surface area contributed by atoms with Gasteiger partial charge in [-0.1, -0.05) is 0 Å². The first-order chi connectivity index (χ1) is 7.02. The van der Waals surface area contributed by atoms with Crippen LogP contribution < -0.4 is 11.1 Å². The molecule has 1 aromatic rings. The lowest BCUT2D eigenvalue weighted by atomic mass is 10.1. The molecule has 0 aromatic carbocycles. The van der Waals surface area contributed by atoms with E-state index in [-0.39, 0.29) is 0 Å². The zero-order chi connectivity index (χ0) is 11.4. The molecule has 82 valence electrons. The third kappa shape index (κ3) is 2.92. The number of hydrogen-bond donors (Lipinski definition) is 3. The fourth-order valence-corrected chi connectivity index (χ4v) is 1.25. The Hall–Kier alpha value is -1.62. The highest BCUT2D eigenvalue weighted by Crippen LogP contribution is 2.15. The van der Waals surface area contributed by atoms with E-state index in [0.717, 1.165) is 5.56 Å². The molecule has 4 N–H and O–H groups in total. The highest BCUT2D eigenvalue weighted by molar-refractivity contribution is 5.98. The van der Waals surface area contributed by atoms with Crippen molar-refractivity contribution in [1.29, 1.82) is 0 Å². The molecule has 0 aliphatic rings. The number of anilines is 1. The Morgan fingerprint density at radius 1 is 1.73 bits per heavy atom. The van der Waals surface area contributed by atoms with Gasteiger partial charge >= 0.3 is 0 Å². The summed E-state index contributed by atoms with van der Waals surface area (Å²) >= 11 is 0. The van der Waals surface area contributed by atoms with Crippen LogP contribution in [0, 0.1) is 6.92 Å². The first-order valence-electron chi connectivity index (χ1n) is 4.69. The number of amides is 1. The lowest BCUT2D eigenvalue weighted by Crippen LogP contribution is -2.21. The maximum absolute atomic E-state index is 11.2. The van der Waals surface area contributed by atoms with E-state index < -0.39 is 12.0 Å². The number of rotatable bonds is 4. The lowest BCUT2D eigenvalue weighted by Gasteiger charge is -2.11. The van der Waals surface area contributed by atoms with Crippen molar-refractivity contribution >= 4 is 11.7 Å². The molecule has 15 heavy (non-hydrogen) atoms. The summed E-state index contributed by atoms with van der Waals surface area (Å²) < 4.78 is 0. The van der Waals surface area contributed by atoms with Crippen LogP contribution >= 0.6 is 0 Å². The number of primary amides is 1. The summed E-state index contributed by atoms with van der Waals surface area (Å²) in [5, 5.41) is 12.0. The van der Waals surface area contributed by atoms with E-state index in [1.165, 1.54) is 0 Å². The number of pyridine rings is 1. The molecule has 1 amide bonds. The maximum Gasteiger partial charge on any atom is 0.252 e. The summed E-state index contributed by atoms with van der Waals surface area (Å²) in [6.07, 6.45) is 1.08. The number of aliphatic hydroxyl groups excluding tert-OH is 1. The molecule has 0 saturated heterocycles. The van der Waals surface area contributed by atoms with Crippen LogP contribution in [0.4, 0.5) is 5.82 Å². The standard InChI is InChI=1S/C10H15N3O2/c1-6-3-4-12-10(8(6)9(11)15)13-5-7(2)14/h3-4,7,14H,5H2,1-2H3,(H2,11,15)(H,12,13). The van der Waals surface area contributed by atoms with Crippen molar-refractivity contribution in [3.05, 3.63) is 23.4 Å². The Labute approximate surface area is 88.3 Å². The van der Waals surface area contributed by atoms with Gasteiger partial charge in [-0.05, 0) is 25.5 Å². The highest BCUT2D eigenvalue weighted by Gasteiger charge is 2.12. The third-order valence-electron chi connectivity index (χ3n) is 1.97. The van der Waals surface area contributed by atoms with Crippen molar-refractivity contribution in [2.24, 2.45) is 5.73 Å². The zero-order valence-electron chi connectivity index (χ0n) is 8.82. The summed E-state index contributed by atoms with van der Waals surface area (Å²) in [5.74, 6) is -0.0999. The summed E-state index contributed by atoms with van der Waals surface area (Å²) in [6, 6.07) is 1.72. The van der Waals surface area contributed by atoms with E-state index in [0.29, 0.717) is 17.9 Å². The second kappa shape index (κ2) is 4.75. The van der Waals surface area contributed by atoms with Gasteiger partial charge in [-0.15, -0.1) is 0 Å². The Balaban J connectivity index is 2.96. The second-order valence-corrected chi connectivity index (χ2v) is 3.45. The molecule has 0 aliphatic heterocycles. The monoisotopic (exact) mass is 209 g/mol. The van der Waals surface area contributed by atoms with Crippen molar-refractivity contribution in [2.75, 3.05) is 11.9 Å². The number of nitrogens with one attached hydrogen (secondary N) is 1. The number of nitrogens with zero attached hydrogens (tertiary/aromatic N) is 1. The molecule has 0 aliphatic carbocycles. The second-order valence-electron chi connectivity index (χ2n) is 3.45. The molecular formula is C10H15N3O2. The Bertz CT molecular complexity index is 364. The minimum atomic E-state index is -0.520. The van der Waals surface area contributed by atoms with Crippen molar-refractivity contribution in [3.8, 4) is 0 Å². The van der Waals surface area contributed by atoms with E-state index in [2.05, 4.69) is 10.3 Å². The number of aliphatic hydroxyl groups is 1. The molecule has 5 nitrogen and oxygen atoms in total. The van der Waals surface area contributed by atoms with Crippen molar-refractivity contribution in [2.45, 2.75) is 20.0 Å². The molecule has 1 aromatic heterocycles. The van der Waals surface area contributed by atoms with Gasteiger partial charge in [0.1, 0.15) is 5.82 Å². The van der Waals surface area contributed by atoms with Gasteiger partial charge in [0.15, 0.2) is 0 Å². The van der Waals surface area contributed by atoms with Crippen LogP contribution in [0.2, 0.25) is 0 Å². The third-order valence-corrected chi connectivity index (χ3v) is 1.97. The summed E-state index contributed by atoms with van der Waals surface area (Å²) in [4.78, 5) is 15.2. The number of hydrogen-bond acceptors (Lipinski definition) is 4. The van der Waals surface area contributed by atoms with Gasteiger partial charge < -0.3 is 16.2 Å². The zero-order valence-corrected chi connectivity index (χ0v) is 8.82. The van der Waals surface area contributed by atoms with Crippen LogP contribution in [0.3, 0.4) is 0 Å². The van der Waals surface area contributed by atoms with Crippen LogP contribution in [0.5, 0.6) is 0 Å². The van der Waals surface area contributed by atoms with Crippen LogP contribution in [0.25, 0.3) is 0 Å². The average Bonchev–Trinajstić information content (AvgIpc) is 2.13. The fourth-order valence-electron chi connectivity index (χ4n) is 1.25. The number of nitrogens with two attached hydrogens (primary N) is 1. The predicted octanol–water partition coefficient (Wildman–Crippen LogP) is 0.282. The predicted molar refractivity (Wildman–Crippen MR) is 57.7 cm³/mol. The topological polar surface area (TPSA) is 88.2 Å². The Morgan fingerprint density at radius 3 is 2.93 bits per heavy atom. The molecule has 1 atom stereocenters. The SMILES string of the molecule is Cc1ccnc(NCC(C)O)c1C(N)=O. The minimum absolute atomic E-state index is 0.330. The van der Waals surface area contributed by atoms with E-state index in [9.17, 15) is 4.79 Å². The van der Waals surface area contributed by atoms with Gasteiger partial charge in [-0.25, -0.2) is 4.98 Å². The van der Waals surface area contributed by atoms with Crippen LogP contribution in [-0.4, -0.2) is 28.6 Å². The Kier molecular flexibility index (Phi) is 3.62. The summed E-state index contributed by atoms with van der Waals surface area (Å²) in [7, 11) is 0. The van der Waals surface area contributed by atoms with Gasteiger partial charge in [0.05, 0.1) is 11.7 Å². The number of carbonyl (C=O) groups excluding carboxylic acids is 1. The maximum atomic E-state index is 11.2. The van der Waals surface area contributed by atoms with Crippen LogP contribution in [0.1, 0.15) is 22.8 Å². The summed E-state index contributed by atoms with van der Waals surface area (Å²) in [6.45, 7) is 3.76. The molecule has 1 heterocycles. The average molecular weight is 209 g/mol. The lowest BCUT2D eigenvalue weighted by molar-refractivity contribution is 0.1000. The van der Waals surface area contributed by atoms with Gasteiger partial charge in [0.25, 0.3) is 5.91 Å². The van der Waals surface area contributed by atoms with E-state index in [4.69, 9.17) is 10.8 Å². The molecule has 0 bridgehead atoms. The van der Waals surface area contributed by atoms with Crippen molar-refractivity contribution in [1.82, 2.24) is 4.98 Å². The highest BCUT2D eigenvalue weighted by atomic mass is 16.3. The first-order valence-corrected chi connectivity index (χ1v) is 4.69. The normalized spacial score (nSPS) is 12.2. The van der Waals surface area contributed by atoms with E-state index >= 15 is 0 Å². The molecule has 0 spiro atoms. The van der Waals surface area contributed by atoms with Crippen LogP contribution in [-0.2, 0) is 0 Å². The van der Waals surface area contributed by atoms with Gasteiger partial charge in [0, 0.05) is 12.7 Å². The number of carbonyl (C=O) groups is 1. The van der Waals surface area contributed by atoms with E-state index in [1.807, 2.05) is 0 Å². The number of aryl methyl sites for hydroxylation is 1. The molecular weight excluding hydrogens is 194 g/mol. The molecule has 1 rings (SSSR count). The van der Waals surface area contributed by atoms with Crippen molar-refractivity contribution < 1.29 is 9.90 Å². The molecule has 1 unspecified atom stereocenters. The van der Waals surface area contributed by atoms with Crippen molar-refractivity contribution in [3.63, 3.8) is 0 Å². The summed E-state index contributed by atoms with van der Waals surface area (Å²) in [5.41, 5.74) is 6.38. The van der Waals surface area contributed by atoms with Gasteiger partial charge in [-0.3, -0.25) is 4.79 Å². The molecule has 0 saturated carbocycles. The largest absolute Gasteiger partial charge is 0.392 e. The minimum Gasteiger partial charge on any atom is -0.392 e. The quantitative estimate of drug-likeness (QED) is 0.664. The number of aromatic nitrogens is 1.